The summed E-state index contributed by atoms with van der Waals surface area (Å²) >= 11 is 0. The Bertz CT molecular complexity index is 1360. The summed E-state index contributed by atoms with van der Waals surface area (Å²) in [5.41, 5.74) is 2.82. The number of nitrogens with zero attached hydrogens (tertiary/aromatic N) is 6. The van der Waals surface area contributed by atoms with Crippen LogP contribution in [0.15, 0.2) is 48.8 Å². The van der Waals surface area contributed by atoms with Crippen LogP contribution in [0.5, 0.6) is 0 Å². The molecular weight excluding hydrogens is 515 g/mol. The van der Waals surface area contributed by atoms with Crippen LogP contribution in [0.25, 0.3) is 0 Å². The number of benzene rings is 1. The molecule has 0 saturated carbocycles. The van der Waals surface area contributed by atoms with E-state index in [1.807, 2.05) is 19.1 Å². The van der Waals surface area contributed by atoms with Gasteiger partial charge in [-0.1, -0.05) is 17.3 Å². The highest BCUT2D eigenvalue weighted by atomic mass is 19.1. The number of anilines is 1. The molecule has 1 saturated heterocycles. The van der Waals surface area contributed by atoms with Crippen LogP contribution in [0.1, 0.15) is 55.6 Å². The number of aryl methyl sites for hydroxylation is 1. The zero-order valence-electron chi connectivity index (χ0n) is 22.6. The molecule has 0 spiro atoms. The fourth-order valence-corrected chi connectivity index (χ4v) is 5.48. The Kier molecular flexibility index (Phi) is 8.04. The van der Waals surface area contributed by atoms with Gasteiger partial charge in [0.1, 0.15) is 17.6 Å². The lowest BCUT2D eigenvalue weighted by Gasteiger charge is -2.37. The topological polar surface area (TPSA) is 125 Å². The van der Waals surface area contributed by atoms with Crippen molar-refractivity contribution in [2.75, 3.05) is 24.5 Å². The first-order valence-corrected chi connectivity index (χ1v) is 13.5. The normalized spacial score (nSPS) is 18.1. The van der Waals surface area contributed by atoms with Gasteiger partial charge in [-0.15, -0.1) is 5.10 Å². The Morgan fingerprint density at radius 1 is 1.07 bits per heavy atom. The maximum Gasteiger partial charge on any atom is 0.250 e. The number of carbonyl (C=O) groups excluding carboxylic acids is 3. The third-order valence-electron chi connectivity index (χ3n) is 7.52. The Morgan fingerprint density at radius 3 is 2.42 bits per heavy atom. The highest BCUT2D eigenvalue weighted by Gasteiger charge is 2.40. The minimum Gasteiger partial charge on any atom is -0.371 e. The largest absolute Gasteiger partial charge is 0.371 e. The van der Waals surface area contributed by atoms with Crippen LogP contribution in [0.4, 0.5) is 10.1 Å². The van der Waals surface area contributed by atoms with Crippen molar-refractivity contribution in [1.82, 2.24) is 35.5 Å². The molecule has 210 valence electrons. The first kappa shape index (κ1) is 27.2. The lowest BCUT2D eigenvalue weighted by Crippen LogP contribution is -2.51. The fraction of sp³-hybridized carbons (Fsp3) is 0.429. The van der Waals surface area contributed by atoms with Crippen LogP contribution in [-0.4, -0.2) is 68.3 Å². The molecule has 2 N–H and O–H groups in total. The third kappa shape index (κ3) is 5.80. The minimum atomic E-state index is -1.03. The number of hydrogen-bond acceptors (Lipinski definition) is 7. The first-order valence-electron chi connectivity index (χ1n) is 13.5. The quantitative estimate of drug-likeness (QED) is 0.462. The molecule has 40 heavy (non-hydrogen) atoms. The van der Waals surface area contributed by atoms with Gasteiger partial charge in [0, 0.05) is 57.2 Å². The standard InChI is InChI=1S/C28H33FN8O3/c1-3-37-26-23(27(39)32-21-10-14-35(15-11-21)22-8-12-30-13-9-22)16-36(17-24(26)33-34-37)28(40)25(31-18(2)38)19-4-6-20(29)7-5-19/h4-9,12-13,21,23,25H,3,10-11,14-17H2,1-2H3,(H,31,38)(H,32,39)/t23?,25-/m1/s1. The molecule has 11 nitrogen and oxygen atoms in total. The lowest BCUT2D eigenvalue weighted by atomic mass is 9.94. The second-order valence-electron chi connectivity index (χ2n) is 10.2. The maximum atomic E-state index is 13.8. The number of piperidine rings is 1. The molecule has 4 heterocycles. The summed E-state index contributed by atoms with van der Waals surface area (Å²) in [6, 6.07) is 8.36. The highest BCUT2D eigenvalue weighted by molar-refractivity contribution is 5.90. The number of carbonyl (C=O) groups is 3. The number of rotatable bonds is 7. The van der Waals surface area contributed by atoms with Gasteiger partial charge < -0.3 is 20.4 Å². The van der Waals surface area contributed by atoms with Crippen LogP contribution >= 0.6 is 0 Å². The summed E-state index contributed by atoms with van der Waals surface area (Å²) < 4.78 is 15.3. The molecule has 3 amide bonds. The Morgan fingerprint density at radius 2 is 1.77 bits per heavy atom. The number of fused-ring (bicyclic) bond motifs is 1. The minimum absolute atomic E-state index is 0.00239. The average Bonchev–Trinajstić information content (AvgIpc) is 3.39. The molecule has 3 aromatic rings. The summed E-state index contributed by atoms with van der Waals surface area (Å²) in [4.78, 5) is 47.3. The van der Waals surface area contributed by atoms with E-state index >= 15 is 0 Å². The number of pyridine rings is 1. The smallest absolute Gasteiger partial charge is 0.250 e. The van der Waals surface area contributed by atoms with E-state index < -0.39 is 29.6 Å². The molecule has 5 rings (SSSR count). The van der Waals surface area contributed by atoms with Crippen molar-refractivity contribution in [3.63, 3.8) is 0 Å². The second-order valence-corrected chi connectivity index (χ2v) is 10.2. The molecular formula is C28H33FN8O3. The zero-order valence-corrected chi connectivity index (χ0v) is 22.6. The highest BCUT2D eigenvalue weighted by Crippen LogP contribution is 2.30. The van der Waals surface area contributed by atoms with Gasteiger partial charge >= 0.3 is 0 Å². The molecule has 2 aliphatic rings. The van der Waals surface area contributed by atoms with E-state index in [2.05, 4.69) is 30.8 Å². The maximum absolute atomic E-state index is 13.8. The van der Waals surface area contributed by atoms with Crippen LogP contribution in [0.3, 0.4) is 0 Å². The summed E-state index contributed by atoms with van der Waals surface area (Å²) in [6.07, 6.45) is 5.12. The van der Waals surface area contributed by atoms with Gasteiger partial charge in [-0.05, 0) is 49.6 Å². The van der Waals surface area contributed by atoms with Crippen LogP contribution in [0, 0.1) is 5.82 Å². The zero-order chi connectivity index (χ0) is 28.2. The van der Waals surface area contributed by atoms with Crippen LogP contribution in [-0.2, 0) is 27.5 Å². The summed E-state index contributed by atoms with van der Waals surface area (Å²) in [5, 5.41) is 14.4. The second kappa shape index (κ2) is 11.8. The van der Waals surface area contributed by atoms with Gasteiger partial charge in [-0.25, -0.2) is 9.07 Å². The molecule has 2 aromatic heterocycles. The van der Waals surface area contributed by atoms with Gasteiger partial charge in [0.2, 0.25) is 17.7 Å². The molecule has 1 aromatic carbocycles. The van der Waals surface area contributed by atoms with Crippen molar-refractivity contribution >= 4 is 23.4 Å². The van der Waals surface area contributed by atoms with Crippen molar-refractivity contribution in [3.8, 4) is 0 Å². The van der Waals surface area contributed by atoms with Crippen molar-refractivity contribution in [2.45, 2.75) is 57.8 Å². The van der Waals surface area contributed by atoms with E-state index in [-0.39, 0.29) is 25.0 Å². The lowest BCUT2D eigenvalue weighted by molar-refractivity contribution is -0.138. The third-order valence-corrected chi connectivity index (χ3v) is 7.52. The summed E-state index contributed by atoms with van der Waals surface area (Å²) in [7, 11) is 0. The number of nitrogens with one attached hydrogen (secondary N) is 2. The van der Waals surface area contributed by atoms with Crippen molar-refractivity contribution in [3.05, 3.63) is 71.6 Å². The molecule has 1 fully saturated rings. The van der Waals surface area contributed by atoms with Gasteiger partial charge in [0.05, 0.1) is 18.2 Å². The molecule has 1 unspecified atom stereocenters. The van der Waals surface area contributed by atoms with Gasteiger partial charge in [-0.2, -0.15) is 0 Å². The number of aromatic nitrogens is 4. The molecule has 12 heteroatoms. The Labute approximate surface area is 231 Å². The molecule has 2 aliphatic heterocycles. The van der Waals surface area contributed by atoms with E-state index in [9.17, 15) is 18.8 Å². The molecule has 0 bridgehead atoms. The van der Waals surface area contributed by atoms with Crippen molar-refractivity contribution in [1.29, 1.82) is 0 Å². The van der Waals surface area contributed by atoms with E-state index in [1.165, 1.54) is 36.1 Å². The van der Waals surface area contributed by atoms with Crippen LogP contribution in [0.2, 0.25) is 0 Å². The van der Waals surface area contributed by atoms with E-state index in [4.69, 9.17) is 0 Å². The summed E-state index contributed by atoms with van der Waals surface area (Å²) in [5.74, 6) is -2.10. The predicted molar refractivity (Wildman–Crippen MR) is 144 cm³/mol. The first-order chi connectivity index (χ1) is 19.3. The monoisotopic (exact) mass is 548 g/mol. The van der Waals surface area contributed by atoms with E-state index in [1.54, 1.807) is 17.1 Å². The van der Waals surface area contributed by atoms with Crippen molar-refractivity contribution < 1.29 is 18.8 Å². The van der Waals surface area contributed by atoms with E-state index in [0.717, 1.165) is 31.6 Å². The fourth-order valence-electron chi connectivity index (χ4n) is 5.48. The number of hydrogen-bond donors (Lipinski definition) is 2. The van der Waals surface area contributed by atoms with Gasteiger partial charge in [0.25, 0.3) is 0 Å². The number of amides is 3. The Hall–Kier alpha value is -4.35. The van der Waals surface area contributed by atoms with Gasteiger partial charge in [-0.3, -0.25) is 19.4 Å². The molecule has 2 atom stereocenters. The Balaban J connectivity index is 1.33. The SMILES string of the molecule is CCn1nnc2c1C(C(=O)NC1CCN(c3ccncc3)CC1)CN(C(=O)[C@H](NC(C)=O)c1ccc(F)cc1)C2. The predicted octanol–water partition coefficient (Wildman–Crippen LogP) is 1.92. The van der Waals surface area contributed by atoms with Crippen LogP contribution < -0.4 is 15.5 Å². The molecule has 0 radical (unpaired) electrons. The average molecular weight is 549 g/mol. The summed E-state index contributed by atoms with van der Waals surface area (Å²) in [6.45, 7) is 5.66. The van der Waals surface area contributed by atoms with E-state index in [0.29, 0.717) is 23.5 Å². The van der Waals surface area contributed by atoms with Crippen molar-refractivity contribution in [2.24, 2.45) is 0 Å². The molecule has 0 aliphatic carbocycles. The number of halogens is 1. The van der Waals surface area contributed by atoms with Gasteiger partial charge in [0.15, 0.2) is 0 Å².